The Morgan fingerprint density at radius 2 is 1.76 bits per heavy atom. The molecule has 0 saturated carbocycles. The summed E-state index contributed by atoms with van der Waals surface area (Å²) < 4.78 is 5.00. The van der Waals surface area contributed by atoms with Gasteiger partial charge in [-0.1, -0.05) is 30.3 Å². The van der Waals surface area contributed by atoms with E-state index in [1.807, 2.05) is 30.3 Å². The maximum absolute atomic E-state index is 9.72. The Morgan fingerprint density at radius 3 is 2.35 bits per heavy atom. The highest BCUT2D eigenvalue weighted by atomic mass is 16.5. The maximum atomic E-state index is 9.72. The number of aliphatic carboxylic acids is 1. The van der Waals surface area contributed by atoms with E-state index in [0.717, 1.165) is 17.7 Å². The number of fused-ring (bicyclic) bond motifs is 1. The lowest BCUT2D eigenvalue weighted by Crippen LogP contribution is -1.83. The number of benzene rings is 2. The number of ether oxygens (including phenoxy) is 1. The zero-order valence-corrected chi connectivity index (χ0v) is 9.68. The third-order valence-electron chi connectivity index (χ3n) is 2.08. The SMILES string of the molecule is CC(=O)O.COc1ccc2ccccc2c1O. The van der Waals surface area contributed by atoms with Gasteiger partial charge in [-0.2, -0.15) is 0 Å². The molecule has 0 saturated heterocycles. The van der Waals surface area contributed by atoms with Gasteiger partial charge in [0.25, 0.3) is 5.97 Å². The molecule has 0 aliphatic rings. The van der Waals surface area contributed by atoms with Crippen LogP contribution in [0.2, 0.25) is 0 Å². The lowest BCUT2D eigenvalue weighted by Gasteiger charge is -2.05. The molecule has 0 amide bonds. The summed E-state index contributed by atoms with van der Waals surface area (Å²) in [6.07, 6.45) is 0. The van der Waals surface area contributed by atoms with Crippen LogP contribution in [0.25, 0.3) is 10.8 Å². The molecule has 0 bridgehead atoms. The molecule has 0 fully saturated rings. The van der Waals surface area contributed by atoms with E-state index in [0.29, 0.717) is 5.75 Å². The summed E-state index contributed by atoms with van der Waals surface area (Å²) >= 11 is 0. The molecule has 2 N–H and O–H groups in total. The lowest BCUT2D eigenvalue weighted by atomic mass is 10.1. The Balaban J connectivity index is 0.000000317. The van der Waals surface area contributed by atoms with Crippen molar-refractivity contribution in [2.45, 2.75) is 6.92 Å². The van der Waals surface area contributed by atoms with Crippen LogP contribution < -0.4 is 4.74 Å². The molecule has 0 heterocycles. The van der Waals surface area contributed by atoms with Gasteiger partial charge in [0.15, 0.2) is 11.5 Å². The van der Waals surface area contributed by atoms with E-state index >= 15 is 0 Å². The summed E-state index contributed by atoms with van der Waals surface area (Å²) in [5.74, 6) is -0.112. The van der Waals surface area contributed by atoms with Crippen molar-refractivity contribution < 1.29 is 19.7 Å². The second kappa shape index (κ2) is 5.75. The van der Waals surface area contributed by atoms with Crippen molar-refractivity contribution in [2.75, 3.05) is 7.11 Å². The van der Waals surface area contributed by atoms with Crippen molar-refractivity contribution in [3.8, 4) is 11.5 Å². The van der Waals surface area contributed by atoms with Crippen LogP contribution in [0.1, 0.15) is 6.92 Å². The monoisotopic (exact) mass is 234 g/mol. The molecule has 0 aromatic heterocycles. The number of aromatic hydroxyl groups is 1. The van der Waals surface area contributed by atoms with Crippen LogP contribution in [0, 0.1) is 0 Å². The van der Waals surface area contributed by atoms with Crippen LogP contribution in [0.15, 0.2) is 36.4 Å². The van der Waals surface area contributed by atoms with E-state index < -0.39 is 5.97 Å². The topological polar surface area (TPSA) is 66.8 Å². The first-order chi connectivity index (χ1) is 8.06. The molecule has 90 valence electrons. The second-order valence-corrected chi connectivity index (χ2v) is 3.36. The zero-order valence-electron chi connectivity index (χ0n) is 9.68. The number of hydrogen-bond donors (Lipinski definition) is 2. The van der Waals surface area contributed by atoms with Crippen molar-refractivity contribution in [3.63, 3.8) is 0 Å². The first-order valence-corrected chi connectivity index (χ1v) is 5.00. The van der Waals surface area contributed by atoms with E-state index in [2.05, 4.69) is 0 Å². The van der Waals surface area contributed by atoms with Gasteiger partial charge in [0.1, 0.15) is 0 Å². The summed E-state index contributed by atoms with van der Waals surface area (Å²) in [5, 5.41) is 19.0. The fourth-order valence-corrected chi connectivity index (χ4v) is 1.40. The third kappa shape index (κ3) is 3.38. The Morgan fingerprint density at radius 1 is 1.18 bits per heavy atom. The van der Waals surface area contributed by atoms with Gasteiger partial charge in [-0.15, -0.1) is 0 Å². The molecule has 4 heteroatoms. The maximum Gasteiger partial charge on any atom is 0.300 e. The van der Waals surface area contributed by atoms with Gasteiger partial charge in [-0.05, 0) is 11.5 Å². The zero-order chi connectivity index (χ0) is 12.8. The number of carboxylic acids is 1. The Kier molecular flexibility index (Phi) is 4.34. The van der Waals surface area contributed by atoms with E-state index in [4.69, 9.17) is 14.6 Å². The molecular formula is C13H14O4. The van der Waals surface area contributed by atoms with E-state index in [1.54, 1.807) is 13.2 Å². The van der Waals surface area contributed by atoms with Gasteiger partial charge in [-0.3, -0.25) is 4.79 Å². The van der Waals surface area contributed by atoms with Crippen molar-refractivity contribution >= 4 is 16.7 Å². The molecular weight excluding hydrogens is 220 g/mol. The van der Waals surface area contributed by atoms with Crippen molar-refractivity contribution in [2.24, 2.45) is 0 Å². The van der Waals surface area contributed by atoms with Gasteiger partial charge in [0.2, 0.25) is 0 Å². The molecule has 0 aliphatic heterocycles. The summed E-state index contributed by atoms with van der Waals surface area (Å²) in [7, 11) is 1.55. The number of phenols is 1. The van der Waals surface area contributed by atoms with Gasteiger partial charge in [0, 0.05) is 12.3 Å². The molecule has 0 unspecified atom stereocenters. The molecule has 4 nitrogen and oxygen atoms in total. The number of carbonyl (C=O) groups is 1. The standard InChI is InChI=1S/C11H10O2.C2H4O2/c1-13-10-7-6-8-4-2-3-5-9(8)11(10)12;1-2(3)4/h2-7,12H,1H3;1H3,(H,3,4). The summed E-state index contributed by atoms with van der Waals surface area (Å²) in [4.78, 5) is 9.00. The average Bonchev–Trinajstić information content (AvgIpc) is 2.29. The Labute approximate surface area is 99.1 Å². The third-order valence-corrected chi connectivity index (χ3v) is 2.08. The number of hydrogen-bond acceptors (Lipinski definition) is 3. The van der Waals surface area contributed by atoms with Crippen molar-refractivity contribution in [1.29, 1.82) is 0 Å². The van der Waals surface area contributed by atoms with Crippen LogP contribution in [0.5, 0.6) is 11.5 Å². The molecule has 17 heavy (non-hydrogen) atoms. The molecule has 2 rings (SSSR count). The minimum atomic E-state index is -0.833. The number of rotatable bonds is 1. The van der Waals surface area contributed by atoms with E-state index in [9.17, 15) is 5.11 Å². The molecule has 2 aromatic carbocycles. The van der Waals surface area contributed by atoms with Gasteiger partial charge in [0.05, 0.1) is 7.11 Å². The Hall–Kier alpha value is -2.23. The fourth-order valence-electron chi connectivity index (χ4n) is 1.40. The average molecular weight is 234 g/mol. The minimum absolute atomic E-state index is 0.209. The Bertz CT molecular complexity index is 516. The first-order valence-electron chi connectivity index (χ1n) is 5.00. The molecule has 2 aromatic rings. The minimum Gasteiger partial charge on any atom is -0.504 e. The van der Waals surface area contributed by atoms with Crippen molar-refractivity contribution in [1.82, 2.24) is 0 Å². The van der Waals surface area contributed by atoms with E-state index in [-0.39, 0.29) is 5.75 Å². The van der Waals surface area contributed by atoms with Crippen LogP contribution in [0.4, 0.5) is 0 Å². The van der Waals surface area contributed by atoms with Crippen LogP contribution in [-0.4, -0.2) is 23.3 Å². The smallest absolute Gasteiger partial charge is 0.300 e. The number of phenolic OH excluding ortho intramolecular Hbond substituents is 1. The van der Waals surface area contributed by atoms with Gasteiger partial charge < -0.3 is 14.9 Å². The highest BCUT2D eigenvalue weighted by Gasteiger charge is 2.04. The predicted octanol–water partition coefficient (Wildman–Crippen LogP) is 2.64. The normalized spacial score (nSPS) is 9.29. The summed E-state index contributed by atoms with van der Waals surface area (Å²) in [6, 6.07) is 11.3. The largest absolute Gasteiger partial charge is 0.504 e. The summed E-state index contributed by atoms with van der Waals surface area (Å²) in [5.41, 5.74) is 0. The van der Waals surface area contributed by atoms with Crippen LogP contribution in [-0.2, 0) is 4.79 Å². The van der Waals surface area contributed by atoms with Gasteiger partial charge in [-0.25, -0.2) is 0 Å². The highest BCUT2D eigenvalue weighted by Crippen LogP contribution is 2.33. The number of methoxy groups -OCH3 is 1. The molecule has 0 aliphatic carbocycles. The molecule has 0 radical (unpaired) electrons. The predicted molar refractivity (Wildman–Crippen MR) is 65.5 cm³/mol. The number of carboxylic acid groups (broad SMARTS) is 1. The fraction of sp³-hybridized carbons (Fsp3) is 0.154. The van der Waals surface area contributed by atoms with Crippen molar-refractivity contribution in [3.05, 3.63) is 36.4 Å². The molecule has 0 atom stereocenters. The summed E-state index contributed by atoms with van der Waals surface area (Å²) in [6.45, 7) is 1.08. The van der Waals surface area contributed by atoms with Crippen LogP contribution in [0.3, 0.4) is 0 Å². The lowest BCUT2D eigenvalue weighted by molar-refractivity contribution is -0.134. The first kappa shape index (κ1) is 12.8. The van der Waals surface area contributed by atoms with Crippen LogP contribution >= 0.6 is 0 Å². The second-order valence-electron chi connectivity index (χ2n) is 3.36. The highest BCUT2D eigenvalue weighted by molar-refractivity contribution is 5.90. The van der Waals surface area contributed by atoms with Gasteiger partial charge >= 0.3 is 0 Å². The molecule has 0 spiro atoms. The quantitative estimate of drug-likeness (QED) is 0.796. The van der Waals surface area contributed by atoms with E-state index in [1.165, 1.54) is 0 Å².